The lowest BCUT2D eigenvalue weighted by Gasteiger charge is -2.26. The predicted octanol–water partition coefficient (Wildman–Crippen LogP) is 4.07. The van der Waals surface area contributed by atoms with E-state index >= 15 is 0 Å². The number of benzene rings is 2. The second kappa shape index (κ2) is 6.31. The van der Waals surface area contributed by atoms with E-state index in [9.17, 15) is 4.79 Å². The highest BCUT2D eigenvalue weighted by Gasteiger charge is 2.29. The van der Waals surface area contributed by atoms with Crippen molar-refractivity contribution in [3.8, 4) is 17.2 Å². The Hall–Kier alpha value is -2.69. The van der Waals surface area contributed by atoms with Crippen LogP contribution in [0, 0.1) is 0 Å². The van der Waals surface area contributed by atoms with Gasteiger partial charge in [-0.25, -0.2) is 0 Å². The molecule has 0 saturated carbocycles. The van der Waals surface area contributed by atoms with Gasteiger partial charge in [0.2, 0.25) is 12.7 Å². The summed E-state index contributed by atoms with van der Waals surface area (Å²) in [5.74, 6) is 2.27. The zero-order valence-electron chi connectivity index (χ0n) is 14.4. The van der Waals surface area contributed by atoms with Crippen LogP contribution in [-0.2, 0) is 4.79 Å². The Morgan fingerprint density at radius 1 is 1.20 bits per heavy atom. The highest BCUT2D eigenvalue weighted by Crippen LogP contribution is 2.44. The summed E-state index contributed by atoms with van der Waals surface area (Å²) in [6.07, 6.45) is 1.57. The third-order valence-electron chi connectivity index (χ3n) is 4.78. The van der Waals surface area contributed by atoms with Crippen LogP contribution in [0.3, 0.4) is 0 Å². The third-order valence-corrected chi connectivity index (χ3v) is 4.78. The maximum absolute atomic E-state index is 12.2. The van der Waals surface area contributed by atoms with Crippen molar-refractivity contribution >= 4 is 11.6 Å². The number of nitrogens with one attached hydrogen (secondary N) is 1. The van der Waals surface area contributed by atoms with Gasteiger partial charge in [-0.3, -0.25) is 4.79 Å². The van der Waals surface area contributed by atoms with Crippen LogP contribution in [0.5, 0.6) is 17.2 Å². The normalized spacial score (nSPS) is 19.1. The first-order valence-electron chi connectivity index (χ1n) is 8.64. The Bertz CT molecular complexity index is 800. The number of hydrogen-bond acceptors (Lipinski definition) is 4. The standard InChI is InChI=1S/C20H21NO4/c1-3-12(2)25-14-6-4-13(5-7-14)15-9-20(22)21-17-10-19-18(8-16(15)17)23-11-24-19/h4-8,10,12,15H,3,9,11H2,1-2H3,(H,21,22). The zero-order chi connectivity index (χ0) is 17.4. The maximum Gasteiger partial charge on any atom is 0.231 e. The van der Waals surface area contributed by atoms with Gasteiger partial charge in [-0.2, -0.15) is 0 Å². The third kappa shape index (κ3) is 3.02. The highest BCUT2D eigenvalue weighted by molar-refractivity contribution is 5.96. The molecule has 0 aliphatic carbocycles. The number of amides is 1. The van der Waals surface area contributed by atoms with Gasteiger partial charge in [-0.1, -0.05) is 19.1 Å². The van der Waals surface area contributed by atoms with Crippen LogP contribution in [0.4, 0.5) is 5.69 Å². The molecular weight excluding hydrogens is 318 g/mol. The summed E-state index contributed by atoms with van der Waals surface area (Å²) in [7, 11) is 0. The molecule has 2 atom stereocenters. The molecule has 4 rings (SSSR count). The van der Waals surface area contributed by atoms with Crippen LogP contribution in [0.15, 0.2) is 36.4 Å². The molecule has 5 nitrogen and oxygen atoms in total. The minimum Gasteiger partial charge on any atom is -0.491 e. The quantitative estimate of drug-likeness (QED) is 0.912. The van der Waals surface area contributed by atoms with Crippen LogP contribution >= 0.6 is 0 Å². The largest absolute Gasteiger partial charge is 0.491 e. The summed E-state index contributed by atoms with van der Waals surface area (Å²) in [5.41, 5.74) is 2.94. The van der Waals surface area contributed by atoms with Crippen LogP contribution in [0.25, 0.3) is 0 Å². The number of fused-ring (bicyclic) bond motifs is 2. The van der Waals surface area contributed by atoms with E-state index in [-0.39, 0.29) is 24.7 Å². The number of rotatable bonds is 4. The molecule has 2 aliphatic rings. The smallest absolute Gasteiger partial charge is 0.231 e. The van der Waals surface area contributed by atoms with Crippen molar-refractivity contribution in [2.24, 2.45) is 0 Å². The second-order valence-electron chi connectivity index (χ2n) is 6.50. The van der Waals surface area contributed by atoms with Gasteiger partial charge in [0.1, 0.15) is 5.75 Å². The van der Waals surface area contributed by atoms with E-state index in [0.29, 0.717) is 12.2 Å². The van der Waals surface area contributed by atoms with Gasteiger partial charge in [-0.15, -0.1) is 0 Å². The van der Waals surface area contributed by atoms with Crippen molar-refractivity contribution in [1.29, 1.82) is 0 Å². The summed E-state index contributed by atoms with van der Waals surface area (Å²) in [5, 5.41) is 2.94. The number of hydrogen-bond donors (Lipinski definition) is 1. The molecule has 0 bridgehead atoms. The Labute approximate surface area is 146 Å². The van der Waals surface area contributed by atoms with E-state index in [1.54, 1.807) is 0 Å². The average molecular weight is 339 g/mol. The van der Waals surface area contributed by atoms with Crippen LogP contribution < -0.4 is 19.5 Å². The van der Waals surface area contributed by atoms with Gasteiger partial charge >= 0.3 is 0 Å². The van der Waals surface area contributed by atoms with Crippen molar-refractivity contribution < 1.29 is 19.0 Å². The van der Waals surface area contributed by atoms with E-state index in [2.05, 4.69) is 19.2 Å². The lowest BCUT2D eigenvalue weighted by molar-refractivity contribution is -0.116. The van der Waals surface area contributed by atoms with E-state index in [1.807, 2.05) is 36.4 Å². The maximum atomic E-state index is 12.2. The number of ether oxygens (including phenoxy) is 3. The Kier molecular flexibility index (Phi) is 3.99. The van der Waals surface area contributed by atoms with E-state index in [0.717, 1.165) is 34.7 Å². The first-order chi connectivity index (χ1) is 12.1. The molecule has 0 saturated heterocycles. The van der Waals surface area contributed by atoms with Gasteiger partial charge in [0, 0.05) is 24.1 Å². The fourth-order valence-electron chi connectivity index (χ4n) is 3.24. The van der Waals surface area contributed by atoms with E-state index in [1.165, 1.54) is 0 Å². The minimum absolute atomic E-state index is 0.00380. The van der Waals surface area contributed by atoms with Crippen LogP contribution in [0.2, 0.25) is 0 Å². The molecule has 2 aliphatic heterocycles. The van der Waals surface area contributed by atoms with Gasteiger partial charge in [0.25, 0.3) is 0 Å². The van der Waals surface area contributed by atoms with E-state index < -0.39 is 0 Å². The van der Waals surface area contributed by atoms with Gasteiger partial charge in [0.05, 0.1) is 6.10 Å². The number of carbonyl (C=O) groups is 1. The number of anilines is 1. The first kappa shape index (κ1) is 15.8. The summed E-state index contributed by atoms with van der Waals surface area (Å²) in [6, 6.07) is 11.8. The predicted molar refractivity (Wildman–Crippen MR) is 94.5 cm³/mol. The van der Waals surface area contributed by atoms with Crippen LogP contribution in [-0.4, -0.2) is 18.8 Å². The second-order valence-corrected chi connectivity index (χ2v) is 6.50. The zero-order valence-corrected chi connectivity index (χ0v) is 14.4. The van der Waals surface area contributed by atoms with Crippen molar-refractivity contribution in [3.05, 3.63) is 47.5 Å². The Morgan fingerprint density at radius 2 is 1.92 bits per heavy atom. The summed E-state index contributed by atoms with van der Waals surface area (Å²) < 4.78 is 16.8. The van der Waals surface area contributed by atoms with Crippen molar-refractivity contribution in [2.75, 3.05) is 12.1 Å². The molecule has 2 unspecified atom stereocenters. The molecule has 130 valence electrons. The molecule has 1 N–H and O–H groups in total. The lowest BCUT2D eigenvalue weighted by Crippen LogP contribution is -2.23. The summed E-state index contributed by atoms with van der Waals surface area (Å²) >= 11 is 0. The van der Waals surface area contributed by atoms with Gasteiger partial charge in [0.15, 0.2) is 11.5 Å². The molecule has 25 heavy (non-hydrogen) atoms. The van der Waals surface area contributed by atoms with Gasteiger partial charge in [-0.05, 0) is 42.7 Å². The number of carbonyl (C=O) groups excluding carboxylic acids is 1. The molecular formula is C20H21NO4. The molecule has 5 heteroatoms. The minimum atomic E-state index is -0.00380. The van der Waals surface area contributed by atoms with Crippen molar-refractivity contribution in [2.45, 2.75) is 38.7 Å². The van der Waals surface area contributed by atoms with Gasteiger partial charge < -0.3 is 19.5 Å². The fourth-order valence-corrected chi connectivity index (χ4v) is 3.24. The first-order valence-corrected chi connectivity index (χ1v) is 8.64. The Morgan fingerprint density at radius 3 is 2.64 bits per heavy atom. The van der Waals surface area contributed by atoms with Crippen LogP contribution in [0.1, 0.15) is 43.7 Å². The molecule has 2 heterocycles. The lowest BCUT2D eigenvalue weighted by atomic mass is 9.84. The highest BCUT2D eigenvalue weighted by atomic mass is 16.7. The topological polar surface area (TPSA) is 56.8 Å². The average Bonchev–Trinajstić information content (AvgIpc) is 3.07. The molecule has 0 spiro atoms. The molecule has 1 amide bonds. The molecule has 0 radical (unpaired) electrons. The summed E-state index contributed by atoms with van der Waals surface area (Å²) in [4.78, 5) is 12.2. The monoisotopic (exact) mass is 339 g/mol. The van der Waals surface area contributed by atoms with Crippen molar-refractivity contribution in [1.82, 2.24) is 0 Å². The summed E-state index contributed by atoms with van der Waals surface area (Å²) in [6.45, 7) is 4.37. The molecule has 2 aromatic rings. The fraction of sp³-hybridized carbons (Fsp3) is 0.350. The molecule has 0 fully saturated rings. The molecule has 2 aromatic carbocycles. The van der Waals surface area contributed by atoms with E-state index in [4.69, 9.17) is 14.2 Å². The SMILES string of the molecule is CCC(C)Oc1ccc(C2CC(=O)Nc3cc4c(cc32)OCO4)cc1. The molecule has 0 aromatic heterocycles. The van der Waals surface area contributed by atoms with Crippen molar-refractivity contribution in [3.63, 3.8) is 0 Å². The Balaban J connectivity index is 1.66.